The first-order chi connectivity index (χ1) is 12.6. The number of fused-ring (bicyclic) bond motifs is 1. The number of H-pyrrole nitrogens is 2. The lowest BCUT2D eigenvalue weighted by atomic mass is 10.1. The van der Waals surface area contributed by atoms with Crippen LogP contribution in [0.2, 0.25) is 0 Å². The molecule has 2 heterocycles. The van der Waals surface area contributed by atoms with Crippen LogP contribution in [0.15, 0.2) is 59.7 Å². The van der Waals surface area contributed by atoms with Gasteiger partial charge in [0, 0.05) is 12.7 Å². The van der Waals surface area contributed by atoms with E-state index >= 15 is 0 Å². The molecule has 0 aliphatic heterocycles. The van der Waals surface area contributed by atoms with Crippen molar-refractivity contribution in [2.75, 3.05) is 5.32 Å². The van der Waals surface area contributed by atoms with Gasteiger partial charge in [-0.2, -0.15) is 5.10 Å². The Balaban J connectivity index is 1.60. The molecule has 0 atom stereocenters. The molecule has 0 saturated heterocycles. The molecule has 2 aromatic heterocycles. The van der Waals surface area contributed by atoms with Crippen LogP contribution < -0.4 is 15.7 Å². The molecule has 0 spiro atoms. The van der Waals surface area contributed by atoms with Gasteiger partial charge in [0.05, 0.1) is 29.0 Å². The van der Waals surface area contributed by atoms with Crippen LogP contribution in [0, 0.1) is 0 Å². The summed E-state index contributed by atoms with van der Waals surface area (Å²) in [4.78, 5) is 29.3. The largest absolute Gasteiger partial charge is 0.453 e. The molecular formula is C18H15N5O3. The van der Waals surface area contributed by atoms with E-state index in [9.17, 15) is 9.59 Å². The van der Waals surface area contributed by atoms with E-state index in [2.05, 4.69) is 20.4 Å². The summed E-state index contributed by atoms with van der Waals surface area (Å²) in [5, 5.41) is 6.86. The van der Waals surface area contributed by atoms with Crippen molar-refractivity contribution in [3.63, 3.8) is 0 Å². The number of amides is 1. The van der Waals surface area contributed by atoms with Gasteiger partial charge in [-0.3, -0.25) is 9.48 Å². The average Bonchev–Trinajstić information content (AvgIpc) is 3.19. The van der Waals surface area contributed by atoms with E-state index in [1.807, 2.05) is 0 Å². The number of nitrogens with one attached hydrogen (secondary N) is 3. The van der Waals surface area contributed by atoms with E-state index in [0.717, 1.165) is 0 Å². The van der Waals surface area contributed by atoms with Gasteiger partial charge in [0.2, 0.25) is 0 Å². The fourth-order valence-corrected chi connectivity index (χ4v) is 2.63. The highest BCUT2D eigenvalue weighted by molar-refractivity contribution is 6.06. The van der Waals surface area contributed by atoms with Crippen molar-refractivity contribution in [2.24, 2.45) is 7.05 Å². The second kappa shape index (κ2) is 6.25. The fraction of sp³-hybridized carbons (Fsp3) is 0.0556. The molecule has 4 aromatic rings. The van der Waals surface area contributed by atoms with E-state index in [0.29, 0.717) is 33.8 Å². The van der Waals surface area contributed by atoms with Crippen LogP contribution in [0.4, 0.5) is 5.69 Å². The minimum atomic E-state index is -0.318. The van der Waals surface area contributed by atoms with Crippen LogP contribution in [0.25, 0.3) is 11.0 Å². The van der Waals surface area contributed by atoms with Crippen LogP contribution >= 0.6 is 0 Å². The number of ether oxygens (including phenoxy) is 1. The number of hydrogen-bond acceptors (Lipinski definition) is 4. The van der Waals surface area contributed by atoms with Gasteiger partial charge in [-0.05, 0) is 30.3 Å². The first kappa shape index (κ1) is 15.7. The first-order valence-corrected chi connectivity index (χ1v) is 7.87. The molecule has 26 heavy (non-hydrogen) atoms. The van der Waals surface area contributed by atoms with Gasteiger partial charge >= 0.3 is 5.69 Å². The zero-order chi connectivity index (χ0) is 18.1. The Bertz CT molecular complexity index is 1150. The summed E-state index contributed by atoms with van der Waals surface area (Å²) in [5.41, 5.74) is 1.95. The van der Waals surface area contributed by atoms with Gasteiger partial charge in [0.25, 0.3) is 5.91 Å². The third-order valence-corrected chi connectivity index (χ3v) is 3.81. The lowest BCUT2D eigenvalue weighted by molar-refractivity contribution is 0.102. The molecule has 8 heteroatoms. The minimum Gasteiger partial charge on any atom is -0.453 e. The average molecular weight is 349 g/mol. The number of nitrogens with zero attached hydrogens (tertiary/aromatic N) is 2. The number of benzene rings is 2. The van der Waals surface area contributed by atoms with Gasteiger partial charge in [-0.1, -0.05) is 12.1 Å². The highest BCUT2D eigenvalue weighted by atomic mass is 16.5. The quantitative estimate of drug-likeness (QED) is 0.527. The van der Waals surface area contributed by atoms with E-state index in [4.69, 9.17) is 4.74 Å². The SMILES string of the molecule is Cn1cc(Oc2ccccc2C(=O)Nc2ccc3[nH]c(=O)[nH]c3c2)cn1. The molecule has 0 fully saturated rings. The number of aromatic nitrogens is 4. The third-order valence-electron chi connectivity index (χ3n) is 3.81. The third kappa shape index (κ3) is 3.07. The molecule has 130 valence electrons. The first-order valence-electron chi connectivity index (χ1n) is 7.87. The summed E-state index contributed by atoms with van der Waals surface area (Å²) < 4.78 is 7.38. The van der Waals surface area contributed by atoms with Crippen LogP contribution in [0.1, 0.15) is 10.4 Å². The van der Waals surface area contributed by atoms with Gasteiger partial charge in [0.15, 0.2) is 5.75 Å². The molecule has 0 radical (unpaired) electrons. The van der Waals surface area contributed by atoms with Gasteiger partial charge in [-0.15, -0.1) is 0 Å². The number of carbonyl (C=O) groups excluding carboxylic acids is 1. The molecule has 1 amide bonds. The predicted molar refractivity (Wildman–Crippen MR) is 96.6 cm³/mol. The van der Waals surface area contributed by atoms with Crippen molar-refractivity contribution in [1.29, 1.82) is 0 Å². The van der Waals surface area contributed by atoms with Crippen molar-refractivity contribution >= 4 is 22.6 Å². The Morgan fingerprint density at radius 3 is 2.77 bits per heavy atom. The minimum absolute atomic E-state index is 0.293. The molecule has 4 rings (SSSR count). The Morgan fingerprint density at radius 2 is 1.96 bits per heavy atom. The smallest absolute Gasteiger partial charge is 0.323 e. The summed E-state index contributed by atoms with van der Waals surface area (Å²) in [6.45, 7) is 0. The number of imidazole rings is 1. The topological polar surface area (TPSA) is 105 Å². The monoisotopic (exact) mass is 349 g/mol. The lowest BCUT2D eigenvalue weighted by Crippen LogP contribution is -2.12. The summed E-state index contributed by atoms with van der Waals surface area (Å²) in [7, 11) is 1.78. The molecule has 0 unspecified atom stereocenters. The van der Waals surface area contributed by atoms with Crippen molar-refractivity contribution in [3.05, 3.63) is 70.9 Å². The van der Waals surface area contributed by atoms with E-state index in [1.165, 1.54) is 0 Å². The normalized spacial score (nSPS) is 10.8. The molecule has 3 N–H and O–H groups in total. The van der Waals surface area contributed by atoms with Gasteiger partial charge in [-0.25, -0.2) is 4.79 Å². The van der Waals surface area contributed by atoms with Crippen LogP contribution in [-0.2, 0) is 7.05 Å². The molecular weight excluding hydrogens is 334 g/mol. The van der Waals surface area contributed by atoms with Crippen molar-refractivity contribution in [3.8, 4) is 11.5 Å². The number of aryl methyl sites for hydroxylation is 1. The van der Waals surface area contributed by atoms with Gasteiger partial charge in [0.1, 0.15) is 5.75 Å². The van der Waals surface area contributed by atoms with Crippen LogP contribution in [0.3, 0.4) is 0 Å². The van der Waals surface area contributed by atoms with Crippen molar-refractivity contribution < 1.29 is 9.53 Å². The van der Waals surface area contributed by atoms with E-state index in [1.54, 1.807) is 66.6 Å². The number of rotatable bonds is 4. The maximum atomic E-state index is 12.7. The number of aromatic amines is 2. The second-order valence-electron chi connectivity index (χ2n) is 5.74. The maximum absolute atomic E-state index is 12.7. The number of anilines is 1. The maximum Gasteiger partial charge on any atom is 0.323 e. The summed E-state index contributed by atoms with van der Waals surface area (Å²) in [6.07, 6.45) is 3.29. The Labute approximate surface area is 147 Å². The zero-order valence-electron chi connectivity index (χ0n) is 13.8. The highest BCUT2D eigenvalue weighted by Gasteiger charge is 2.14. The van der Waals surface area contributed by atoms with Crippen LogP contribution in [-0.4, -0.2) is 25.7 Å². The zero-order valence-corrected chi connectivity index (χ0v) is 13.8. The molecule has 0 aliphatic rings. The number of para-hydroxylation sites is 1. The van der Waals surface area contributed by atoms with Crippen LogP contribution in [0.5, 0.6) is 11.5 Å². The molecule has 2 aromatic carbocycles. The van der Waals surface area contributed by atoms with Crippen molar-refractivity contribution in [2.45, 2.75) is 0 Å². The molecule has 0 bridgehead atoms. The van der Waals surface area contributed by atoms with Crippen molar-refractivity contribution in [1.82, 2.24) is 19.7 Å². The number of hydrogen-bond donors (Lipinski definition) is 3. The Kier molecular flexibility index (Phi) is 3.77. The number of carbonyl (C=O) groups is 1. The summed E-state index contributed by atoms with van der Waals surface area (Å²) >= 11 is 0. The summed E-state index contributed by atoms with van der Waals surface area (Å²) in [5.74, 6) is 0.648. The van der Waals surface area contributed by atoms with E-state index in [-0.39, 0.29) is 11.6 Å². The van der Waals surface area contributed by atoms with E-state index < -0.39 is 0 Å². The fourth-order valence-electron chi connectivity index (χ4n) is 2.63. The Morgan fingerprint density at radius 1 is 1.15 bits per heavy atom. The Hall–Kier alpha value is -3.81. The molecule has 0 saturated carbocycles. The lowest BCUT2D eigenvalue weighted by Gasteiger charge is -2.10. The predicted octanol–water partition coefficient (Wildman–Crippen LogP) is 2.63. The summed E-state index contributed by atoms with van der Waals surface area (Å²) in [6, 6.07) is 12.1. The molecule has 8 nitrogen and oxygen atoms in total. The van der Waals surface area contributed by atoms with Gasteiger partial charge < -0.3 is 20.0 Å². The molecule has 0 aliphatic carbocycles. The second-order valence-corrected chi connectivity index (χ2v) is 5.74. The standard InChI is InChI=1S/C18H15N5O3/c1-23-10-12(9-19-23)26-16-5-3-2-4-13(16)17(24)20-11-6-7-14-15(8-11)22-18(25)21-14/h2-10H,1H3,(H,20,24)(H2,21,22,25). The highest BCUT2D eigenvalue weighted by Crippen LogP contribution is 2.26.